The second-order valence-electron chi connectivity index (χ2n) is 9.92. The van der Waals surface area contributed by atoms with Gasteiger partial charge in [-0.2, -0.15) is 0 Å². The first-order valence-electron chi connectivity index (χ1n) is 11.2. The minimum absolute atomic E-state index is 0.880. The summed E-state index contributed by atoms with van der Waals surface area (Å²) in [7, 11) is -1.12. The zero-order valence-corrected chi connectivity index (χ0v) is 19.6. The van der Waals surface area contributed by atoms with Gasteiger partial charge in [-0.3, -0.25) is 0 Å². The summed E-state index contributed by atoms with van der Waals surface area (Å²) in [6, 6.07) is 0. The monoisotopic (exact) mass is 358 g/mol. The fourth-order valence-corrected chi connectivity index (χ4v) is 10.7. The average Bonchev–Trinajstić information content (AvgIpc) is 2.52. The van der Waals surface area contributed by atoms with Crippen molar-refractivity contribution in [3.63, 3.8) is 0 Å². The third-order valence-corrected chi connectivity index (χ3v) is 11.5. The molecule has 1 unspecified atom stereocenters. The topological polar surface area (TPSA) is 0 Å². The van der Waals surface area contributed by atoms with Gasteiger partial charge in [0.1, 0.15) is 0 Å². The Hall–Kier alpha value is 0.430. The van der Waals surface area contributed by atoms with E-state index in [0.29, 0.717) is 0 Å². The summed E-state index contributed by atoms with van der Waals surface area (Å²) in [6.45, 7) is 19.4. The Morgan fingerprint density at radius 3 is 1.33 bits per heavy atom. The van der Waals surface area contributed by atoms with Crippen LogP contribution in [0.4, 0.5) is 0 Å². The first-order valence-corrected chi connectivity index (χ1v) is 14.1. The quantitative estimate of drug-likeness (QED) is 0.259. The van der Waals surface area contributed by atoms with Gasteiger partial charge in [-0.25, -0.2) is 0 Å². The van der Waals surface area contributed by atoms with Gasteiger partial charge in [0.05, 0.1) is 0 Å². The van der Waals surface area contributed by atoms with Crippen LogP contribution >= 0.6 is 7.26 Å². The zero-order chi connectivity index (χ0) is 18.6. The van der Waals surface area contributed by atoms with Crippen LogP contribution in [0, 0.1) is 23.7 Å². The Bertz CT molecular complexity index is 248. The van der Waals surface area contributed by atoms with Crippen LogP contribution in [0.15, 0.2) is 0 Å². The molecule has 148 valence electrons. The molecule has 0 aliphatic heterocycles. The molecular weight excluding hydrogens is 307 g/mol. The predicted molar refractivity (Wildman–Crippen MR) is 119 cm³/mol. The fourth-order valence-electron chi connectivity index (χ4n) is 4.02. The van der Waals surface area contributed by atoms with Crippen LogP contribution in [0.2, 0.25) is 0 Å². The van der Waals surface area contributed by atoms with E-state index in [2.05, 4.69) is 55.4 Å². The molecule has 0 nitrogen and oxygen atoms in total. The van der Waals surface area contributed by atoms with E-state index in [0.717, 1.165) is 23.7 Å². The van der Waals surface area contributed by atoms with Gasteiger partial charge in [0.15, 0.2) is 0 Å². The van der Waals surface area contributed by atoms with Gasteiger partial charge < -0.3 is 0 Å². The minimum atomic E-state index is -1.12. The molecule has 24 heavy (non-hydrogen) atoms. The molecule has 1 heteroatoms. The summed E-state index contributed by atoms with van der Waals surface area (Å²) in [5.41, 5.74) is 0. The van der Waals surface area contributed by atoms with E-state index >= 15 is 0 Å². The molecule has 0 radical (unpaired) electrons. The van der Waals surface area contributed by atoms with Crippen LogP contribution in [-0.2, 0) is 0 Å². The van der Waals surface area contributed by atoms with Gasteiger partial charge in [-0.15, -0.1) is 0 Å². The van der Waals surface area contributed by atoms with Crippen molar-refractivity contribution in [2.24, 2.45) is 23.7 Å². The Kier molecular flexibility index (Phi) is 13.9. The second kappa shape index (κ2) is 13.6. The van der Waals surface area contributed by atoms with Crippen LogP contribution in [-0.4, -0.2) is 24.6 Å². The molecule has 0 aliphatic rings. The van der Waals surface area contributed by atoms with Crippen molar-refractivity contribution in [2.45, 2.75) is 100 Å². The molecule has 0 N–H and O–H groups in total. The zero-order valence-electron chi connectivity index (χ0n) is 18.6. The number of rotatable bonds is 15. The van der Waals surface area contributed by atoms with Crippen LogP contribution in [0.25, 0.3) is 0 Å². The van der Waals surface area contributed by atoms with Crippen LogP contribution < -0.4 is 0 Å². The van der Waals surface area contributed by atoms with E-state index in [4.69, 9.17) is 0 Å². The fraction of sp³-hybridized carbons (Fsp3) is 1.00. The number of hydrogen-bond acceptors (Lipinski definition) is 0. The van der Waals surface area contributed by atoms with E-state index < -0.39 is 7.26 Å². The molecule has 0 amide bonds. The maximum absolute atomic E-state index is 2.45. The maximum atomic E-state index is 2.45. The first kappa shape index (κ1) is 24.4. The van der Waals surface area contributed by atoms with Gasteiger partial charge in [0.2, 0.25) is 0 Å². The molecule has 0 saturated carbocycles. The normalized spacial score (nSPS) is 14.8. The van der Waals surface area contributed by atoms with Crippen molar-refractivity contribution in [1.82, 2.24) is 0 Å². The van der Waals surface area contributed by atoms with Crippen molar-refractivity contribution in [3.05, 3.63) is 0 Å². The molecule has 0 heterocycles. The molecule has 0 aromatic heterocycles. The Labute approximate surface area is 156 Å². The van der Waals surface area contributed by atoms with Gasteiger partial charge in [-0.05, 0) is 0 Å². The van der Waals surface area contributed by atoms with Crippen molar-refractivity contribution >= 4 is 7.26 Å². The number of unbranched alkanes of at least 4 members (excludes halogenated alkanes) is 1. The summed E-state index contributed by atoms with van der Waals surface area (Å²) >= 11 is 0. The molecular formula is C23H51P. The molecule has 0 aliphatic carbocycles. The third kappa shape index (κ3) is 11.9. The Morgan fingerprint density at radius 1 is 0.625 bits per heavy atom. The summed E-state index contributed by atoms with van der Waals surface area (Å²) in [5, 5.41) is 0. The van der Waals surface area contributed by atoms with Crippen LogP contribution in [0.5, 0.6) is 0 Å². The number of hydrogen-bond donors (Lipinski definition) is 0. The Balaban J connectivity index is 5.15. The second-order valence-corrected chi connectivity index (χ2v) is 14.8. The van der Waals surface area contributed by atoms with E-state index in [1.807, 2.05) is 0 Å². The average molecular weight is 359 g/mol. The van der Waals surface area contributed by atoms with Gasteiger partial charge in [-0.1, -0.05) is 0 Å². The first-order chi connectivity index (χ1) is 11.2. The van der Waals surface area contributed by atoms with Crippen molar-refractivity contribution in [3.8, 4) is 0 Å². The summed E-state index contributed by atoms with van der Waals surface area (Å²) in [4.78, 5) is 0. The summed E-state index contributed by atoms with van der Waals surface area (Å²) in [5.74, 6) is 3.66. The van der Waals surface area contributed by atoms with E-state index in [-0.39, 0.29) is 0 Å². The van der Waals surface area contributed by atoms with Gasteiger partial charge >= 0.3 is 156 Å². The van der Waals surface area contributed by atoms with Crippen molar-refractivity contribution in [2.75, 3.05) is 24.6 Å². The van der Waals surface area contributed by atoms with Crippen molar-refractivity contribution in [1.29, 1.82) is 0 Å². The predicted octanol–water partition coefficient (Wildman–Crippen LogP) is 8.09. The standard InChI is InChI=1S/C23H51P/c1-9-11-12-23(10-2)19-24(16-13-20(3)4,17-14-21(5)6)18-15-22(7)8/h20-24H,9-19H2,1-8H3. The molecule has 0 saturated heterocycles. The Morgan fingerprint density at radius 2 is 1.04 bits per heavy atom. The van der Waals surface area contributed by atoms with Crippen LogP contribution in [0.3, 0.4) is 0 Å². The molecule has 0 rings (SSSR count). The summed E-state index contributed by atoms with van der Waals surface area (Å²) < 4.78 is 0. The molecule has 0 aromatic rings. The van der Waals surface area contributed by atoms with Gasteiger partial charge in [0.25, 0.3) is 0 Å². The van der Waals surface area contributed by atoms with E-state index in [1.165, 1.54) is 44.9 Å². The van der Waals surface area contributed by atoms with Crippen LogP contribution in [0.1, 0.15) is 100 Å². The molecule has 0 bridgehead atoms. The molecule has 1 atom stereocenters. The third-order valence-electron chi connectivity index (χ3n) is 6.02. The molecule has 0 spiro atoms. The molecule has 0 fully saturated rings. The van der Waals surface area contributed by atoms with E-state index in [1.54, 1.807) is 24.6 Å². The van der Waals surface area contributed by atoms with E-state index in [9.17, 15) is 0 Å². The molecule has 0 aromatic carbocycles. The summed E-state index contributed by atoms with van der Waals surface area (Å²) in [6.07, 6.45) is 16.6. The van der Waals surface area contributed by atoms with Crippen molar-refractivity contribution < 1.29 is 0 Å². The van der Waals surface area contributed by atoms with Gasteiger partial charge in [0, 0.05) is 0 Å². The SMILES string of the molecule is CCCCC(CC)C[PH](CCC(C)C)(CCC(C)C)CCC(C)C.